The SMILES string of the molecule is CN1c2ccccc2B(n2c3ccccc3c3ccc4c5ccccc5oc4c32)c2ccccc21. The molecule has 1 aliphatic heterocycles. The maximum Gasteiger partial charge on any atom is 0.332 e. The Morgan fingerprint density at radius 1 is 0.571 bits per heavy atom. The van der Waals surface area contributed by atoms with E-state index >= 15 is 0 Å². The number of nitrogens with zero attached hydrogens (tertiary/aromatic N) is 2. The van der Waals surface area contributed by atoms with Gasteiger partial charge in [0.1, 0.15) is 5.58 Å². The number of rotatable bonds is 1. The van der Waals surface area contributed by atoms with Gasteiger partial charge in [-0.15, -0.1) is 0 Å². The average Bonchev–Trinajstić information content (AvgIpc) is 3.45. The molecule has 0 amide bonds. The molecule has 8 rings (SSSR count). The molecule has 0 unspecified atom stereocenters. The van der Waals surface area contributed by atoms with E-state index in [1.165, 1.54) is 38.6 Å². The number of hydrogen-bond acceptors (Lipinski definition) is 2. The van der Waals surface area contributed by atoms with Gasteiger partial charge in [-0.1, -0.05) is 78.9 Å². The van der Waals surface area contributed by atoms with Gasteiger partial charge in [0.2, 0.25) is 0 Å². The molecule has 0 aliphatic carbocycles. The molecule has 1 aliphatic rings. The first-order valence-electron chi connectivity index (χ1n) is 12.1. The highest BCUT2D eigenvalue weighted by molar-refractivity contribution is 6.88. The van der Waals surface area contributed by atoms with Crippen LogP contribution in [0.25, 0.3) is 43.7 Å². The normalized spacial score (nSPS) is 13.2. The second-order valence-electron chi connectivity index (χ2n) is 9.40. The smallest absolute Gasteiger partial charge is 0.332 e. The number of fused-ring (bicyclic) bond motifs is 9. The third kappa shape index (κ3) is 2.41. The van der Waals surface area contributed by atoms with Crippen molar-refractivity contribution < 1.29 is 4.42 Å². The summed E-state index contributed by atoms with van der Waals surface area (Å²) in [6.45, 7) is 0.0276. The van der Waals surface area contributed by atoms with Crippen molar-refractivity contribution in [2.24, 2.45) is 0 Å². The second-order valence-corrected chi connectivity index (χ2v) is 9.40. The van der Waals surface area contributed by atoms with E-state index in [1.54, 1.807) is 0 Å². The van der Waals surface area contributed by atoms with Gasteiger partial charge in [-0.2, -0.15) is 0 Å². The van der Waals surface area contributed by atoms with Gasteiger partial charge in [-0.3, -0.25) is 0 Å². The molecule has 0 saturated carbocycles. The lowest BCUT2D eigenvalue weighted by Gasteiger charge is -2.34. The largest absolute Gasteiger partial charge is 0.454 e. The maximum absolute atomic E-state index is 6.59. The predicted molar refractivity (Wildman–Crippen MR) is 148 cm³/mol. The van der Waals surface area contributed by atoms with Crippen LogP contribution in [-0.4, -0.2) is 18.4 Å². The lowest BCUT2D eigenvalue weighted by molar-refractivity contribution is 0.671. The summed E-state index contributed by atoms with van der Waals surface area (Å²) >= 11 is 0. The van der Waals surface area contributed by atoms with E-state index < -0.39 is 0 Å². The molecule has 0 fully saturated rings. The van der Waals surface area contributed by atoms with E-state index in [0.29, 0.717) is 0 Å². The lowest BCUT2D eigenvalue weighted by Crippen LogP contribution is -2.54. The molecular weight excluding hydrogens is 427 g/mol. The molecule has 0 saturated heterocycles. The summed E-state index contributed by atoms with van der Waals surface area (Å²) in [4.78, 5) is 2.31. The van der Waals surface area contributed by atoms with Crippen molar-refractivity contribution in [1.29, 1.82) is 0 Å². The van der Waals surface area contributed by atoms with Crippen LogP contribution in [0.1, 0.15) is 0 Å². The summed E-state index contributed by atoms with van der Waals surface area (Å²) < 4.78 is 9.11. The van der Waals surface area contributed by atoms with Crippen LogP contribution in [0.4, 0.5) is 11.4 Å². The molecule has 0 N–H and O–H groups in total. The Labute approximate surface area is 202 Å². The number of furan rings is 1. The van der Waals surface area contributed by atoms with Crippen molar-refractivity contribution in [1.82, 2.24) is 4.48 Å². The van der Waals surface area contributed by atoms with Gasteiger partial charge in [0.25, 0.3) is 0 Å². The topological polar surface area (TPSA) is 21.3 Å². The van der Waals surface area contributed by atoms with E-state index in [4.69, 9.17) is 4.42 Å². The molecule has 0 spiro atoms. The molecule has 4 heteroatoms. The highest BCUT2D eigenvalue weighted by Crippen LogP contribution is 2.39. The van der Waals surface area contributed by atoms with Gasteiger partial charge < -0.3 is 13.8 Å². The number of hydrogen-bond donors (Lipinski definition) is 0. The fourth-order valence-corrected chi connectivity index (χ4v) is 6.16. The highest BCUT2D eigenvalue weighted by Gasteiger charge is 2.36. The molecule has 0 atom stereocenters. The Morgan fingerprint density at radius 2 is 1.17 bits per heavy atom. The first kappa shape index (κ1) is 18.9. The molecule has 2 aromatic heterocycles. The van der Waals surface area contributed by atoms with Crippen LogP contribution in [0.3, 0.4) is 0 Å². The van der Waals surface area contributed by atoms with E-state index in [2.05, 4.69) is 120 Å². The fourth-order valence-electron chi connectivity index (χ4n) is 6.16. The fraction of sp³-hybridized carbons (Fsp3) is 0.0323. The zero-order valence-electron chi connectivity index (χ0n) is 19.3. The Morgan fingerprint density at radius 3 is 1.94 bits per heavy atom. The van der Waals surface area contributed by atoms with Gasteiger partial charge >= 0.3 is 6.85 Å². The molecule has 164 valence electrons. The molecule has 0 bridgehead atoms. The highest BCUT2D eigenvalue weighted by atomic mass is 16.3. The number of para-hydroxylation sites is 4. The molecular formula is C31H21BN2O. The van der Waals surface area contributed by atoms with Crippen LogP contribution in [-0.2, 0) is 0 Å². The van der Waals surface area contributed by atoms with Crippen molar-refractivity contribution in [3.05, 3.63) is 109 Å². The van der Waals surface area contributed by atoms with Gasteiger partial charge in [0.15, 0.2) is 5.58 Å². The third-order valence-electron chi connectivity index (χ3n) is 7.66. The minimum atomic E-state index is 0.0276. The van der Waals surface area contributed by atoms with Gasteiger partial charge in [0, 0.05) is 45.5 Å². The Hall–Kier alpha value is -4.44. The number of anilines is 2. The zero-order chi connectivity index (χ0) is 23.1. The van der Waals surface area contributed by atoms with Crippen molar-refractivity contribution in [2.75, 3.05) is 11.9 Å². The number of aromatic nitrogens is 1. The van der Waals surface area contributed by atoms with E-state index in [0.717, 1.165) is 27.5 Å². The third-order valence-corrected chi connectivity index (χ3v) is 7.66. The van der Waals surface area contributed by atoms with Gasteiger partial charge in [0.05, 0.1) is 5.52 Å². The van der Waals surface area contributed by atoms with Crippen molar-refractivity contribution in [2.45, 2.75) is 0 Å². The van der Waals surface area contributed by atoms with Crippen molar-refractivity contribution >= 4 is 72.9 Å². The van der Waals surface area contributed by atoms with Crippen molar-refractivity contribution in [3.8, 4) is 0 Å². The van der Waals surface area contributed by atoms with E-state index in [-0.39, 0.29) is 6.85 Å². The Bertz CT molecular complexity index is 1900. The van der Waals surface area contributed by atoms with Crippen LogP contribution < -0.4 is 15.8 Å². The summed E-state index contributed by atoms with van der Waals surface area (Å²) in [5.74, 6) is 0. The minimum Gasteiger partial charge on any atom is -0.454 e. The van der Waals surface area contributed by atoms with Gasteiger partial charge in [-0.05, 0) is 41.3 Å². The quantitative estimate of drug-likeness (QED) is 0.270. The first-order valence-corrected chi connectivity index (χ1v) is 12.1. The average molecular weight is 448 g/mol. The summed E-state index contributed by atoms with van der Waals surface area (Å²) in [6.07, 6.45) is 0. The first-order chi connectivity index (χ1) is 17.3. The van der Waals surface area contributed by atoms with Gasteiger partial charge in [-0.25, -0.2) is 0 Å². The summed E-state index contributed by atoms with van der Waals surface area (Å²) in [7, 11) is 2.16. The zero-order valence-corrected chi connectivity index (χ0v) is 19.3. The Kier molecular flexibility index (Phi) is 3.68. The maximum atomic E-state index is 6.59. The van der Waals surface area contributed by atoms with Crippen LogP contribution in [0.15, 0.2) is 114 Å². The van der Waals surface area contributed by atoms with Crippen LogP contribution in [0.2, 0.25) is 0 Å². The van der Waals surface area contributed by atoms with E-state index in [1.807, 2.05) is 6.07 Å². The Balaban J connectivity index is 1.60. The predicted octanol–water partition coefficient (Wildman–Crippen LogP) is 6.43. The molecule has 3 nitrogen and oxygen atoms in total. The molecule has 35 heavy (non-hydrogen) atoms. The monoisotopic (exact) mass is 448 g/mol. The molecule has 0 radical (unpaired) electrons. The molecule has 5 aromatic carbocycles. The standard InChI is InChI=1S/C31H21BN2O/c1-33-27-15-7-4-12-24(27)32(25-13-5-8-16-28(25)33)34-26-14-6-2-10-20(26)22-18-19-23-21-11-3-9-17-29(21)35-31(23)30(22)34/h2-19H,1H3. The summed E-state index contributed by atoms with van der Waals surface area (Å²) in [5, 5.41) is 4.79. The van der Waals surface area contributed by atoms with Crippen molar-refractivity contribution in [3.63, 3.8) is 0 Å². The summed E-state index contributed by atoms with van der Waals surface area (Å²) in [5.41, 5.74) is 9.31. The van der Waals surface area contributed by atoms with E-state index in [9.17, 15) is 0 Å². The van der Waals surface area contributed by atoms with Crippen LogP contribution in [0, 0.1) is 0 Å². The minimum absolute atomic E-state index is 0.0276. The second kappa shape index (κ2) is 6.80. The molecule has 3 heterocycles. The van der Waals surface area contributed by atoms with Crippen LogP contribution in [0.5, 0.6) is 0 Å². The lowest BCUT2D eigenvalue weighted by atomic mass is 9.47. The summed E-state index contributed by atoms with van der Waals surface area (Å²) in [6, 6.07) is 39.1. The number of benzene rings is 5. The van der Waals surface area contributed by atoms with Crippen LogP contribution >= 0.6 is 0 Å². The molecule has 7 aromatic rings.